The van der Waals surface area contributed by atoms with Crippen molar-refractivity contribution in [3.05, 3.63) is 34.9 Å². The van der Waals surface area contributed by atoms with E-state index in [0.29, 0.717) is 18.5 Å². The summed E-state index contributed by atoms with van der Waals surface area (Å²) >= 11 is 0. The third-order valence-electron chi connectivity index (χ3n) is 2.96. The minimum absolute atomic E-state index is 0.0586. The van der Waals surface area contributed by atoms with Gasteiger partial charge in [-0.3, -0.25) is 4.79 Å². The molecule has 1 aromatic carbocycles. The number of aliphatic hydroxyl groups excluding tert-OH is 1. The molecule has 0 spiro atoms. The molecule has 1 rings (SSSR count). The summed E-state index contributed by atoms with van der Waals surface area (Å²) in [5.41, 5.74) is 2.54. The Morgan fingerprint density at radius 2 is 2.05 bits per heavy atom. The first-order chi connectivity index (χ1) is 9.62. The maximum Gasteiger partial charge on any atom is 0.253 e. The van der Waals surface area contributed by atoms with Gasteiger partial charge in [-0.25, -0.2) is 0 Å². The van der Waals surface area contributed by atoms with Gasteiger partial charge in [-0.1, -0.05) is 18.8 Å². The number of carbonyl (C=O) groups is 1. The highest BCUT2D eigenvalue weighted by Gasteiger charge is 2.13. The number of aryl methyl sites for hydroxylation is 1. The molecule has 3 heteroatoms. The molecular weight excluding hydrogens is 250 g/mol. The third kappa shape index (κ3) is 4.71. The summed E-state index contributed by atoms with van der Waals surface area (Å²) in [4.78, 5) is 14.3. The van der Waals surface area contributed by atoms with Crippen LogP contribution in [0.5, 0.6) is 0 Å². The van der Waals surface area contributed by atoms with Crippen LogP contribution >= 0.6 is 0 Å². The molecule has 1 amide bonds. The lowest BCUT2D eigenvalue weighted by Crippen LogP contribution is -2.31. The summed E-state index contributed by atoms with van der Waals surface area (Å²) in [6.07, 6.45) is 1.41. The molecular formula is C17H23NO2. The monoisotopic (exact) mass is 273 g/mol. The van der Waals surface area contributed by atoms with Crippen molar-refractivity contribution in [1.29, 1.82) is 0 Å². The topological polar surface area (TPSA) is 40.5 Å². The largest absolute Gasteiger partial charge is 0.395 e. The van der Waals surface area contributed by atoms with Crippen molar-refractivity contribution in [3.63, 3.8) is 0 Å². The quantitative estimate of drug-likeness (QED) is 0.838. The highest BCUT2D eigenvalue weighted by atomic mass is 16.2. The summed E-state index contributed by atoms with van der Waals surface area (Å²) in [6, 6.07) is 5.69. The molecule has 20 heavy (non-hydrogen) atoms. The second-order valence-corrected chi connectivity index (χ2v) is 4.75. The number of nitrogens with zero attached hydrogens (tertiary/aromatic N) is 1. The smallest absolute Gasteiger partial charge is 0.253 e. The number of amides is 1. The van der Waals surface area contributed by atoms with Crippen molar-refractivity contribution in [2.24, 2.45) is 0 Å². The Balaban J connectivity index is 3.01. The van der Waals surface area contributed by atoms with Crippen LogP contribution in [0.15, 0.2) is 18.2 Å². The van der Waals surface area contributed by atoms with Crippen LogP contribution in [-0.4, -0.2) is 35.6 Å². The summed E-state index contributed by atoms with van der Waals surface area (Å²) in [7, 11) is 0. The first-order valence-corrected chi connectivity index (χ1v) is 7.13. The molecule has 108 valence electrons. The number of carbonyl (C=O) groups excluding carboxylic acids is 1. The highest BCUT2D eigenvalue weighted by molar-refractivity contribution is 5.94. The van der Waals surface area contributed by atoms with Crippen LogP contribution in [0.25, 0.3) is 0 Å². The number of aliphatic hydroxyl groups is 1. The molecule has 0 saturated carbocycles. The van der Waals surface area contributed by atoms with Crippen molar-refractivity contribution in [3.8, 4) is 11.8 Å². The standard InChI is InChI=1S/C17H23NO2/c1-4-9-18(5-2)17(20)16-12-14(3)11-15(13-16)8-6-7-10-19/h11-13,19H,4-5,7,9-10H2,1-3H3. The molecule has 0 aromatic heterocycles. The van der Waals surface area contributed by atoms with Gasteiger partial charge in [0.1, 0.15) is 0 Å². The molecule has 1 N–H and O–H groups in total. The van der Waals surface area contributed by atoms with E-state index in [1.165, 1.54) is 0 Å². The lowest BCUT2D eigenvalue weighted by atomic mass is 10.1. The first-order valence-electron chi connectivity index (χ1n) is 7.13. The number of benzene rings is 1. The molecule has 0 unspecified atom stereocenters. The summed E-state index contributed by atoms with van der Waals surface area (Å²) in [5, 5.41) is 8.74. The van der Waals surface area contributed by atoms with Gasteiger partial charge >= 0.3 is 0 Å². The lowest BCUT2D eigenvalue weighted by molar-refractivity contribution is 0.0764. The second kappa shape index (κ2) is 8.39. The number of rotatable bonds is 5. The van der Waals surface area contributed by atoms with Crippen LogP contribution in [-0.2, 0) is 0 Å². The summed E-state index contributed by atoms with van der Waals surface area (Å²) in [5.74, 6) is 5.94. The minimum atomic E-state index is 0.0586. The van der Waals surface area contributed by atoms with Gasteiger partial charge in [0.25, 0.3) is 5.91 Å². The Hall–Kier alpha value is -1.79. The fourth-order valence-corrected chi connectivity index (χ4v) is 2.05. The Morgan fingerprint density at radius 3 is 2.65 bits per heavy atom. The zero-order valence-corrected chi connectivity index (χ0v) is 12.6. The van der Waals surface area contributed by atoms with E-state index in [4.69, 9.17) is 5.11 Å². The molecule has 0 atom stereocenters. The van der Waals surface area contributed by atoms with Crippen molar-refractivity contribution >= 4 is 5.91 Å². The summed E-state index contributed by atoms with van der Waals surface area (Å²) < 4.78 is 0. The van der Waals surface area contributed by atoms with Crippen molar-refractivity contribution < 1.29 is 9.90 Å². The maximum absolute atomic E-state index is 12.4. The second-order valence-electron chi connectivity index (χ2n) is 4.75. The molecule has 0 radical (unpaired) electrons. The van der Waals surface area contributed by atoms with Gasteiger partial charge in [0.2, 0.25) is 0 Å². The fourth-order valence-electron chi connectivity index (χ4n) is 2.05. The summed E-state index contributed by atoms with van der Waals surface area (Å²) in [6.45, 7) is 7.57. The van der Waals surface area contributed by atoms with E-state index in [2.05, 4.69) is 18.8 Å². The predicted molar refractivity (Wildman–Crippen MR) is 81.6 cm³/mol. The number of hydrogen-bond acceptors (Lipinski definition) is 2. The SMILES string of the molecule is CCCN(CC)C(=O)c1cc(C)cc(C#CCCO)c1. The zero-order valence-electron chi connectivity index (χ0n) is 12.6. The minimum Gasteiger partial charge on any atom is -0.395 e. The zero-order chi connectivity index (χ0) is 15.0. The molecule has 0 aliphatic rings. The van der Waals surface area contributed by atoms with Gasteiger partial charge in [0.05, 0.1) is 6.61 Å². The Labute approximate surface area is 121 Å². The molecule has 0 aliphatic heterocycles. The van der Waals surface area contributed by atoms with Crippen molar-refractivity contribution in [2.45, 2.75) is 33.6 Å². The fraction of sp³-hybridized carbons (Fsp3) is 0.471. The van der Waals surface area contributed by atoms with Gasteiger partial charge < -0.3 is 10.0 Å². The molecule has 0 fully saturated rings. The molecule has 0 saturated heterocycles. The Bertz CT molecular complexity index is 511. The molecule has 0 aliphatic carbocycles. The van der Waals surface area contributed by atoms with Crippen LogP contribution in [0.4, 0.5) is 0 Å². The normalized spacial score (nSPS) is 9.80. The van der Waals surface area contributed by atoms with E-state index >= 15 is 0 Å². The number of hydrogen-bond donors (Lipinski definition) is 1. The van der Waals surface area contributed by atoms with Crippen LogP contribution < -0.4 is 0 Å². The maximum atomic E-state index is 12.4. The van der Waals surface area contributed by atoms with Gasteiger partial charge in [0, 0.05) is 30.6 Å². The van der Waals surface area contributed by atoms with Gasteiger partial charge in [0.15, 0.2) is 0 Å². The van der Waals surface area contributed by atoms with E-state index in [1.807, 2.05) is 36.9 Å². The highest BCUT2D eigenvalue weighted by Crippen LogP contribution is 2.12. The van der Waals surface area contributed by atoms with E-state index in [9.17, 15) is 4.79 Å². The van der Waals surface area contributed by atoms with E-state index in [1.54, 1.807) is 0 Å². The molecule has 0 bridgehead atoms. The molecule has 0 heterocycles. The van der Waals surface area contributed by atoms with Crippen molar-refractivity contribution in [2.75, 3.05) is 19.7 Å². The van der Waals surface area contributed by atoms with E-state index in [-0.39, 0.29) is 12.5 Å². The molecule has 1 aromatic rings. The van der Waals surface area contributed by atoms with Gasteiger partial charge in [-0.2, -0.15) is 0 Å². The van der Waals surface area contributed by atoms with Crippen LogP contribution in [0.2, 0.25) is 0 Å². The van der Waals surface area contributed by atoms with Gasteiger partial charge in [-0.15, -0.1) is 0 Å². The average Bonchev–Trinajstić information content (AvgIpc) is 2.43. The van der Waals surface area contributed by atoms with Crippen LogP contribution in [0, 0.1) is 18.8 Å². The predicted octanol–water partition coefficient (Wildman–Crippen LogP) is 2.60. The first kappa shape index (κ1) is 16.3. The average molecular weight is 273 g/mol. The van der Waals surface area contributed by atoms with E-state index in [0.717, 1.165) is 24.1 Å². The third-order valence-corrected chi connectivity index (χ3v) is 2.96. The Kier molecular flexibility index (Phi) is 6.83. The van der Waals surface area contributed by atoms with Gasteiger partial charge in [-0.05, 0) is 44.0 Å². The van der Waals surface area contributed by atoms with E-state index < -0.39 is 0 Å². The molecule has 3 nitrogen and oxygen atoms in total. The van der Waals surface area contributed by atoms with Crippen LogP contribution in [0.3, 0.4) is 0 Å². The van der Waals surface area contributed by atoms with Crippen LogP contribution in [0.1, 0.15) is 48.2 Å². The lowest BCUT2D eigenvalue weighted by Gasteiger charge is -2.20. The Morgan fingerprint density at radius 1 is 1.30 bits per heavy atom. The van der Waals surface area contributed by atoms with Crippen molar-refractivity contribution in [1.82, 2.24) is 4.90 Å².